The number of aryl methyl sites for hydroxylation is 1. The van der Waals surface area contributed by atoms with Gasteiger partial charge in [0.2, 0.25) is 10.0 Å². The van der Waals surface area contributed by atoms with Crippen molar-refractivity contribution in [1.82, 2.24) is 9.62 Å². The smallest absolute Gasteiger partial charge is 0.240 e. The highest BCUT2D eigenvalue weighted by atomic mass is 32.2. The monoisotopic (exact) mass is 298 g/mol. The van der Waals surface area contributed by atoms with Gasteiger partial charge in [-0.2, -0.15) is 0 Å². The number of nitrogens with one attached hydrogen (secondary N) is 1. The molecule has 20 heavy (non-hydrogen) atoms. The van der Waals surface area contributed by atoms with Crippen molar-refractivity contribution in [2.75, 3.05) is 26.2 Å². The summed E-state index contributed by atoms with van der Waals surface area (Å²) >= 11 is 0. The molecule has 1 aromatic carbocycles. The number of nitrogens with zero attached hydrogens (tertiary/aromatic N) is 1. The predicted octanol–water partition coefficient (Wildman–Crippen LogP) is 2.40. The fraction of sp³-hybridized carbons (Fsp3) is 0.600. The van der Waals surface area contributed by atoms with E-state index in [1.54, 1.807) is 12.1 Å². The number of benzene rings is 1. The van der Waals surface area contributed by atoms with Gasteiger partial charge in [0.15, 0.2) is 0 Å². The molecule has 0 saturated heterocycles. The maximum atomic E-state index is 12.0. The van der Waals surface area contributed by atoms with E-state index in [2.05, 4.69) is 23.5 Å². The predicted molar refractivity (Wildman–Crippen MR) is 83.4 cm³/mol. The summed E-state index contributed by atoms with van der Waals surface area (Å²) in [6.07, 6.45) is 1.87. The van der Waals surface area contributed by atoms with E-state index in [1.807, 2.05) is 19.1 Å². The second-order valence-corrected chi connectivity index (χ2v) is 6.71. The Kier molecular flexibility index (Phi) is 7.19. The van der Waals surface area contributed by atoms with Crippen LogP contribution in [0.5, 0.6) is 0 Å². The van der Waals surface area contributed by atoms with E-state index < -0.39 is 10.0 Å². The molecule has 0 fully saturated rings. The molecular weight excluding hydrogens is 272 g/mol. The van der Waals surface area contributed by atoms with Crippen molar-refractivity contribution in [2.45, 2.75) is 38.5 Å². The van der Waals surface area contributed by atoms with E-state index >= 15 is 0 Å². The number of hydrogen-bond acceptors (Lipinski definition) is 3. The van der Waals surface area contributed by atoms with Gasteiger partial charge in [-0.25, -0.2) is 13.1 Å². The van der Waals surface area contributed by atoms with E-state index in [-0.39, 0.29) is 0 Å². The second-order valence-electron chi connectivity index (χ2n) is 4.94. The molecule has 4 nitrogen and oxygen atoms in total. The molecule has 0 heterocycles. The molecule has 0 aliphatic rings. The lowest BCUT2D eigenvalue weighted by Crippen LogP contribution is -2.27. The van der Waals surface area contributed by atoms with Gasteiger partial charge in [-0.1, -0.05) is 31.5 Å². The molecule has 0 unspecified atom stereocenters. The van der Waals surface area contributed by atoms with Crippen molar-refractivity contribution >= 4 is 10.0 Å². The first-order valence-corrected chi connectivity index (χ1v) is 8.76. The van der Waals surface area contributed by atoms with E-state index in [0.29, 0.717) is 11.4 Å². The summed E-state index contributed by atoms with van der Waals surface area (Å²) in [7, 11) is -3.35. The standard InChI is InChI=1S/C15H26N2O2S/c1-4-17(5-2)13-7-6-12-16-20(18,19)15-10-8-14(3)9-11-15/h8-11,16H,4-7,12-13H2,1-3H3. The molecule has 5 heteroatoms. The highest BCUT2D eigenvalue weighted by Gasteiger charge is 2.12. The summed E-state index contributed by atoms with van der Waals surface area (Å²) in [5, 5.41) is 0. The number of hydrogen-bond donors (Lipinski definition) is 1. The highest BCUT2D eigenvalue weighted by Crippen LogP contribution is 2.09. The Labute approximate surface area is 123 Å². The lowest BCUT2D eigenvalue weighted by molar-refractivity contribution is 0.297. The summed E-state index contributed by atoms with van der Waals surface area (Å²) < 4.78 is 26.7. The molecule has 0 bridgehead atoms. The van der Waals surface area contributed by atoms with Gasteiger partial charge in [0, 0.05) is 6.54 Å². The zero-order valence-electron chi connectivity index (χ0n) is 12.7. The third-order valence-corrected chi connectivity index (χ3v) is 4.90. The molecule has 0 saturated carbocycles. The SMILES string of the molecule is CCN(CC)CCCCNS(=O)(=O)c1ccc(C)cc1. The van der Waals surface area contributed by atoms with E-state index in [1.165, 1.54) is 0 Å². The molecule has 0 spiro atoms. The molecule has 0 aliphatic heterocycles. The van der Waals surface area contributed by atoms with Crippen LogP contribution in [0.4, 0.5) is 0 Å². The van der Waals surface area contributed by atoms with Crippen LogP contribution < -0.4 is 4.72 Å². The first-order valence-electron chi connectivity index (χ1n) is 7.28. The Morgan fingerprint density at radius 1 is 1.05 bits per heavy atom. The van der Waals surface area contributed by atoms with Gasteiger partial charge in [-0.15, -0.1) is 0 Å². The van der Waals surface area contributed by atoms with Crippen molar-refractivity contribution < 1.29 is 8.42 Å². The van der Waals surface area contributed by atoms with Crippen LogP contribution in [0, 0.1) is 6.92 Å². The molecule has 0 atom stereocenters. The molecule has 1 N–H and O–H groups in total. The van der Waals surface area contributed by atoms with Crippen LogP contribution in [0.3, 0.4) is 0 Å². The minimum absolute atomic E-state index is 0.340. The third kappa shape index (κ3) is 5.61. The van der Waals surface area contributed by atoms with E-state index in [9.17, 15) is 8.42 Å². The average molecular weight is 298 g/mol. The van der Waals surface area contributed by atoms with Gasteiger partial charge in [0.25, 0.3) is 0 Å². The van der Waals surface area contributed by atoms with Crippen LogP contribution in [0.15, 0.2) is 29.2 Å². The lowest BCUT2D eigenvalue weighted by atomic mass is 10.2. The van der Waals surface area contributed by atoms with E-state index in [4.69, 9.17) is 0 Å². The molecule has 1 aromatic rings. The second kappa shape index (κ2) is 8.39. The van der Waals surface area contributed by atoms with Gasteiger partial charge < -0.3 is 4.90 Å². The van der Waals surface area contributed by atoms with Gasteiger partial charge in [0.1, 0.15) is 0 Å². The summed E-state index contributed by atoms with van der Waals surface area (Å²) in [5.74, 6) is 0. The summed E-state index contributed by atoms with van der Waals surface area (Å²) in [4.78, 5) is 2.68. The first kappa shape index (κ1) is 17.1. The molecular formula is C15H26N2O2S. The normalized spacial score (nSPS) is 12.0. The van der Waals surface area contributed by atoms with Crippen LogP contribution in [0.1, 0.15) is 32.3 Å². The zero-order chi connectivity index (χ0) is 15.0. The fourth-order valence-electron chi connectivity index (χ4n) is 2.01. The largest absolute Gasteiger partial charge is 0.304 e. The molecule has 0 aromatic heterocycles. The maximum absolute atomic E-state index is 12.0. The number of sulfonamides is 1. The van der Waals surface area contributed by atoms with Crippen LogP contribution in [0.2, 0.25) is 0 Å². The van der Waals surface area contributed by atoms with Crippen molar-refractivity contribution in [3.63, 3.8) is 0 Å². The van der Waals surface area contributed by atoms with Gasteiger partial charge in [-0.05, 0) is 51.5 Å². The van der Waals surface area contributed by atoms with Crippen molar-refractivity contribution in [2.24, 2.45) is 0 Å². The van der Waals surface area contributed by atoms with Gasteiger partial charge >= 0.3 is 0 Å². The Hall–Kier alpha value is -0.910. The minimum Gasteiger partial charge on any atom is -0.304 e. The molecule has 0 aliphatic carbocycles. The lowest BCUT2D eigenvalue weighted by Gasteiger charge is -2.17. The molecule has 114 valence electrons. The van der Waals surface area contributed by atoms with Crippen molar-refractivity contribution in [3.05, 3.63) is 29.8 Å². The minimum atomic E-state index is -3.35. The first-order chi connectivity index (χ1) is 9.49. The Morgan fingerprint density at radius 2 is 1.65 bits per heavy atom. The highest BCUT2D eigenvalue weighted by molar-refractivity contribution is 7.89. The van der Waals surface area contributed by atoms with Gasteiger partial charge in [0.05, 0.1) is 4.90 Å². The molecule has 0 amide bonds. The Balaban J connectivity index is 2.35. The summed E-state index contributed by atoms with van der Waals surface area (Å²) in [6, 6.07) is 6.92. The molecule has 1 rings (SSSR count). The van der Waals surface area contributed by atoms with E-state index in [0.717, 1.165) is 38.0 Å². The van der Waals surface area contributed by atoms with Crippen molar-refractivity contribution in [3.8, 4) is 0 Å². The maximum Gasteiger partial charge on any atom is 0.240 e. The third-order valence-electron chi connectivity index (χ3n) is 3.42. The fourth-order valence-corrected chi connectivity index (χ4v) is 3.08. The molecule has 0 radical (unpaired) electrons. The van der Waals surface area contributed by atoms with Crippen LogP contribution in [0.25, 0.3) is 0 Å². The summed E-state index contributed by atoms with van der Waals surface area (Å²) in [5.41, 5.74) is 1.06. The van der Waals surface area contributed by atoms with Crippen LogP contribution >= 0.6 is 0 Å². The number of rotatable bonds is 9. The Morgan fingerprint density at radius 3 is 2.20 bits per heavy atom. The van der Waals surface area contributed by atoms with Crippen LogP contribution in [-0.2, 0) is 10.0 Å². The topological polar surface area (TPSA) is 49.4 Å². The average Bonchev–Trinajstić information content (AvgIpc) is 2.43. The Bertz CT molecular complexity index is 479. The number of unbranched alkanes of at least 4 members (excludes halogenated alkanes) is 1. The quantitative estimate of drug-likeness (QED) is 0.712. The summed E-state index contributed by atoms with van der Waals surface area (Å²) in [6.45, 7) is 9.85. The zero-order valence-corrected chi connectivity index (χ0v) is 13.5. The van der Waals surface area contributed by atoms with Crippen molar-refractivity contribution in [1.29, 1.82) is 0 Å². The van der Waals surface area contributed by atoms with Gasteiger partial charge in [-0.3, -0.25) is 0 Å². The van der Waals surface area contributed by atoms with Crippen LogP contribution in [-0.4, -0.2) is 39.5 Å².